The number of hydrogen-bond donors (Lipinski definition) is 0. The molecule has 0 saturated carbocycles. The topological polar surface area (TPSA) is 55.2 Å². The lowest BCUT2D eigenvalue weighted by Gasteiger charge is -2.27. The van der Waals surface area contributed by atoms with Crippen LogP contribution in [0.15, 0.2) is 41.4 Å². The SMILES string of the molecule is Cc1ccc(CCn2c3c(c4cc(S(C)(=O)=O)ccc42)CN2CCC3CC2)cn1. The number of piperidine rings is 1. The molecule has 0 atom stereocenters. The highest BCUT2D eigenvalue weighted by Gasteiger charge is 2.32. The van der Waals surface area contributed by atoms with Gasteiger partial charge >= 0.3 is 0 Å². The molecule has 0 spiro atoms. The number of benzene rings is 1. The number of hydrogen-bond acceptors (Lipinski definition) is 4. The zero-order valence-corrected chi connectivity index (χ0v) is 17.9. The minimum absolute atomic E-state index is 0.416. The van der Waals surface area contributed by atoms with Gasteiger partial charge in [-0.15, -0.1) is 0 Å². The number of aryl methyl sites for hydroxylation is 3. The van der Waals surface area contributed by atoms with Gasteiger partial charge in [-0.05, 0) is 74.7 Å². The van der Waals surface area contributed by atoms with Gasteiger partial charge in [-0.25, -0.2) is 8.42 Å². The van der Waals surface area contributed by atoms with Gasteiger partial charge in [0.1, 0.15) is 0 Å². The van der Waals surface area contributed by atoms with E-state index in [9.17, 15) is 8.42 Å². The van der Waals surface area contributed by atoms with Crippen LogP contribution in [0.2, 0.25) is 0 Å². The summed E-state index contributed by atoms with van der Waals surface area (Å²) in [6.07, 6.45) is 6.57. The minimum atomic E-state index is -3.22. The number of nitrogens with zero attached hydrogens (tertiary/aromatic N) is 3. The van der Waals surface area contributed by atoms with Crippen LogP contribution in [0, 0.1) is 6.92 Å². The Bertz CT molecular complexity index is 1170. The summed E-state index contributed by atoms with van der Waals surface area (Å²) >= 11 is 0. The summed E-state index contributed by atoms with van der Waals surface area (Å²) in [5.74, 6) is 0.564. The van der Waals surface area contributed by atoms with Crippen LogP contribution >= 0.6 is 0 Å². The van der Waals surface area contributed by atoms with E-state index in [-0.39, 0.29) is 0 Å². The van der Waals surface area contributed by atoms with Crippen molar-refractivity contribution in [1.82, 2.24) is 14.5 Å². The highest BCUT2D eigenvalue weighted by Crippen LogP contribution is 2.41. The Labute approximate surface area is 172 Å². The molecule has 0 N–H and O–H groups in total. The first-order valence-electron chi connectivity index (χ1n) is 10.4. The molecule has 3 aliphatic heterocycles. The van der Waals surface area contributed by atoms with Gasteiger partial charge in [0.2, 0.25) is 0 Å². The molecule has 3 aromatic rings. The number of rotatable bonds is 4. The lowest BCUT2D eigenvalue weighted by Crippen LogP contribution is -2.29. The quantitative estimate of drug-likeness (QED) is 0.660. The summed E-state index contributed by atoms with van der Waals surface area (Å²) < 4.78 is 26.8. The van der Waals surface area contributed by atoms with E-state index in [4.69, 9.17) is 0 Å². The highest BCUT2D eigenvalue weighted by molar-refractivity contribution is 7.90. The maximum Gasteiger partial charge on any atom is 0.175 e. The van der Waals surface area contributed by atoms with Crippen molar-refractivity contribution in [3.05, 3.63) is 59.0 Å². The normalized spacial score (nSPS) is 21.3. The molecule has 2 aromatic heterocycles. The van der Waals surface area contributed by atoms with E-state index in [2.05, 4.69) is 26.6 Å². The first-order chi connectivity index (χ1) is 13.9. The van der Waals surface area contributed by atoms with Crippen molar-refractivity contribution in [3.8, 4) is 0 Å². The first kappa shape index (κ1) is 18.8. The Morgan fingerprint density at radius 3 is 2.62 bits per heavy atom. The lowest BCUT2D eigenvalue weighted by atomic mass is 9.94. The van der Waals surface area contributed by atoms with E-state index in [0.717, 1.165) is 49.2 Å². The summed E-state index contributed by atoms with van der Waals surface area (Å²) in [7, 11) is -3.22. The van der Waals surface area contributed by atoms with E-state index < -0.39 is 9.84 Å². The van der Waals surface area contributed by atoms with Crippen LogP contribution in [0.1, 0.15) is 41.3 Å². The van der Waals surface area contributed by atoms with Crippen LogP contribution in [-0.2, 0) is 29.3 Å². The first-order valence-corrected chi connectivity index (χ1v) is 12.3. The molecule has 152 valence electrons. The molecule has 0 aliphatic carbocycles. The van der Waals surface area contributed by atoms with Gasteiger partial charge < -0.3 is 4.57 Å². The minimum Gasteiger partial charge on any atom is -0.344 e. The van der Waals surface area contributed by atoms with Crippen LogP contribution < -0.4 is 0 Å². The molecule has 5 nitrogen and oxygen atoms in total. The van der Waals surface area contributed by atoms with Gasteiger partial charge in [0, 0.05) is 53.8 Å². The molecule has 3 aliphatic rings. The maximum absolute atomic E-state index is 12.2. The fourth-order valence-corrected chi connectivity index (χ4v) is 5.65. The fraction of sp³-hybridized carbons (Fsp3) is 0.435. The van der Waals surface area contributed by atoms with Crippen molar-refractivity contribution in [1.29, 1.82) is 0 Å². The van der Waals surface area contributed by atoms with Crippen molar-refractivity contribution in [2.75, 3.05) is 19.3 Å². The maximum atomic E-state index is 12.2. The number of aromatic nitrogens is 2. The molecule has 29 heavy (non-hydrogen) atoms. The Morgan fingerprint density at radius 1 is 1.14 bits per heavy atom. The van der Waals surface area contributed by atoms with E-state index in [1.54, 1.807) is 6.07 Å². The Kier molecular flexibility index (Phi) is 4.51. The lowest BCUT2D eigenvalue weighted by molar-refractivity contribution is 0.219. The van der Waals surface area contributed by atoms with Crippen molar-refractivity contribution in [2.45, 2.75) is 50.1 Å². The van der Waals surface area contributed by atoms with Crippen LogP contribution in [0.5, 0.6) is 0 Å². The molecule has 0 amide bonds. The molecule has 1 saturated heterocycles. The predicted octanol–water partition coefficient (Wildman–Crippen LogP) is 3.68. The largest absolute Gasteiger partial charge is 0.344 e. The second kappa shape index (κ2) is 6.96. The van der Waals surface area contributed by atoms with Crippen LogP contribution in [0.4, 0.5) is 0 Å². The average molecular weight is 410 g/mol. The molecular weight excluding hydrogens is 382 g/mol. The van der Waals surface area contributed by atoms with Crippen molar-refractivity contribution >= 4 is 20.7 Å². The second-order valence-corrected chi connectivity index (χ2v) is 10.6. The number of pyridine rings is 1. The molecule has 1 fully saturated rings. The van der Waals surface area contributed by atoms with E-state index >= 15 is 0 Å². The van der Waals surface area contributed by atoms with Crippen molar-refractivity contribution in [3.63, 3.8) is 0 Å². The molecular formula is C23H27N3O2S. The van der Waals surface area contributed by atoms with Crippen LogP contribution in [0.25, 0.3) is 10.9 Å². The summed E-state index contributed by atoms with van der Waals surface area (Å²) in [5.41, 5.74) is 6.21. The molecule has 6 heteroatoms. The molecule has 2 bridgehead atoms. The summed E-state index contributed by atoms with van der Waals surface area (Å²) in [4.78, 5) is 7.37. The van der Waals surface area contributed by atoms with Gasteiger partial charge in [-0.3, -0.25) is 9.88 Å². The third-order valence-electron chi connectivity index (χ3n) is 6.56. The second-order valence-electron chi connectivity index (χ2n) is 8.57. The summed E-state index contributed by atoms with van der Waals surface area (Å²) in [6.45, 7) is 6.09. The van der Waals surface area contributed by atoms with Crippen molar-refractivity contribution in [2.24, 2.45) is 0 Å². The third kappa shape index (κ3) is 3.38. The van der Waals surface area contributed by atoms with Gasteiger partial charge in [0.15, 0.2) is 9.84 Å². The third-order valence-corrected chi connectivity index (χ3v) is 7.68. The zero-order valence-electron chi connectivity index (χ0n) is 17.1. The monoisotopic (exact) mass is 409 g/mol. The number of sulfone groups is 1. The Balaban J connectivity index is 1.63. The summed E-state index contributed by atoms with van der Waals surface area (Å²) in [5, 5.41) is 1.11. The van der Waals surface area contributed by atoms with Gasteiger partial charge in [0.05, 0.1) is 4.90 Å². The van der Waals surface area contributed by atoms with Gasteiger partial charge in [0.25, 0.3) is 0 Å². The molecule has 0 radical (unpaired) electrons. The van der Waals surface area contributed by atoms with Crippen LogP contribution in [0.3, 0.4) is 0 Å². The van der Waals surface area contributed by atoms with Crippen molar-refractivity contribution < 1.29 is 8.42 Å². The number of fused-ring (bicyclic) bond motifs is 3. The fourth-order valence-electron chi connectivity index (χ4n) is 5.00. The average Bonchev–Trinajstić information content (AvgIpc) is 2.82. The molecule has 0 unspecified atom stereocenters. The predicted molar refractivity (Wildman–Crippen MR) is 115 cm³/mol. The van der Waals surface area contributed by atoms with E-state index in [1.165, 1.54) is 35.9 Å². The Morgan fingerprint density at radius 2 is 1.93 bits per heavy atom. The smallest absolute Gasteiger partial charge is 0.175 e. The zero-order chi connectivity index (χ0) is 20.2. The van der Waals surface area contributed by atoms with Gasteiger partial charge in [-0.2, -0.15) is 0 Å². The van der Waals surface area contributed by atoms with Crippen LogP contribution in [-0.4, -0.2) is 42.2 Å². The highest BCUT2D eigenvalue weighted by atomic mass is 32.2. The Hall–Kier alpha value is -2.18. The summed E-state index contributed by atoms with van der Waals surface area (Å²) in [6, 6.07) is 9.90. The molecule has 1 aromatic carbocycles. The van der Waals surface area contributed by atoms with Gasteiger partial charge in [-0.1, -0.05) is 6.07 Å². The molecule has 6 rings (SSSR count). The molecule has 5 heterocycles. The van der Waals surface area contributed by atoms with E-state index in [1.807, 2.05) is 25.3 Å². The van der Waals surface area contributed by atoms with E-state index in [0.29, 0.717) is 10.8 Å². The standard InChI is InChI=1S/C23H27N3O2S/c1-16-3-4-17(14-24-16)7-12-26-22-6-5-19(29(2,27)28)13-20(22)21-15-25-10-8-18(9-11-25)23(21)26/h3-6,13-14,18H,7-12,15H2,1-2H3.